The van der Waals surface area contributed by atoms with Gasteiger partial charge in [-0.15, -0.1) is 12.4 Å². The van der Waals surface area contributed by atoms with Crippen molar-refractivity contribution in [3.05, 3.63) is 35.6 Å². The minimum Gasteiger partial charge on any atom is -0.349 e. The number of nitrogens with two attached hydrogens (primary N) is 1. The summed E-state index contributed by atoms with van der Waals surface area (Å²) < 4.78 is 38.7. The predicted molar refractivity (Wildman–Crippen MR) is 73.7 cm³/mol. The molecule has 0 aliphatic carbocycles. The molecule has 0 atom stereocenters. The number of hydrogen-bond donors (Lipinski definition) is 2. The molecule has 0 fully saturated rings. The third-order valence-corrected chi connectivity index (χ3v) is 2.94. The van der Waals surface area contributed by atoms with Crippen LogP contribution in [0.5, 0.6) is 0 Å². The molecular formula is C13H18ClF3N2O. The molecule has 114 valence electrons. The van der Waals surface area contributed by atoms with Gasteiger partial charge in [0.1, 0.15) is 5.82 Å². The normalized spacial score (nSPS) is 11.7. The van der Waals surface area contributed by atoms with E-state index in [-0.39, 0.29) is 12.4 Å². The Labute approximate surface area is 122 Å². The van der Waals surface area contributed by atoms with Crippen LogP contribution in [0.4, 0.5) is 13.2 Å². The van der Waals surface area contributed by atoms with Gasteiger partial charge in [0, 0.05) is 0 Å². The molecule has 1 amide bonds. The summed E-state index contributed by atoms with van der Waals surface area (Å²) in [4.78, 5) is 11.9. The molecule has 0 saturated heterocycles. The lowest BCUT2D eigenvalue weighted by Crippen LogP contribution is -2.47. The minimum absolute atomic E-state index is 0. The molecule has 0 saturated carbocycles. The van der Waals surface area contributed by atoms with Crippen LogP contribution >= 0.6 is 12.4 Å². The fourth-order valence-corrected chi connectivity index (χ4v) is 1.50. The van der Waals surface area contributed by atoms with Gasteiger partial charge in [-0.1, -0.05) is 12.1 Å². The Morgan fingerprint density at radius 1 is 1.25 bits per heavy atom. The van der Waals surface area contributed by atoms with Crippen LogP contribution in [0.15, 0.2) is 24.3 Å². The Balaban J connectivity index is 0.00000361. The molecule has 20 heavy (non-hydrogen) atoms. The van der Waals surface area contributed by atoms with Gasteiger partial charge in [-0.2, -0.15) is 0 Å². The number of hydrogen-bond acceptors (Lipinski definition) is 2. The van der Waals surface area contributed by atoms with Crippen molar-refractivity contribution >= 4 is 18.3 Å². The van der Waals surface area contributed by atoms with Crippen molar-refractivity contribution in [2.45, 2.75) is 25.2 Å². The average molecular weight is 311 g/mol. The summed E-state index contributed by atoms with van der Waals surface area (Å²) in [7, 11) is 0. The second-order valence-corrected chi connectivity index (χ2v) is 4.87. The Morgan fingerprint density at radius 2 is 1.75 bits per heavy atom. The molecule has 0 bridgehead atoms. The van der Waals surface area contributed by atoms with Crippen LogP contribution in [0, 0.1) is 5.82 Å². The highest BCUT2D eigenvalue weighted by atomic mass is 35.5. The number of rotatable bonds is 5. The first-order chi connectivity index (χ1) is 8.69. The van der Waals surface area contributed by atoms with Gasteiger partial charge in [0.25, 0.3) is 5.92 Å². The third kappa shape index (κ3) is 4.68. The fourth-order valence-electron chi connectivity index (χ4n) is 1.50. The van der Waals surface area contributed by atoms with Crippen LogP contribution < -0.4 is 11.1 Å². The summed E-state index contributed by atoms with van der Waals surface area (Å²) in [5.41, 5.74) is 4.40. The molecular weight excluding hydrogens is 293 g/mol. The monoisotopic (exact) mass is 310 g/mol. The van der Waals surface area contributed by atoms with Crippen molar-refractivity contribution in [2.24, 2.45) is 5.73 Å². The number of carbonyl (C=O) groups excluding carboxylic acids is 1. The number of carbonyl (C=O) groups is 1. The van der Waals surface area contributed by atoms with Crippen LogP contribution in [0.3, 0.4) is 0 Å². The second kappa shape index (κ2) is 6.95. The molecule has 1 aromatic rings. The number of halogens is 4. The highest BCUT2D eigenvalue weighted by Crippen LogP contribution is 2.24. The van der Waals surface area contributed by atoms with Crippen LogP contribution in [0.1, 0.15) is 19.4 Å². The number of nitrogens with one attached hydrogen (secondary N) is 1. The molecule has 0 radical (unpaired) electrons. The SMILES string of the molecule is CC(C)(C(=O)NCC(F)(F)CN)c1ccc(F)cc1.Cl. The maximum absolute atomic E-state index is 13.0. The maximum Gasteiger partial charge on any atom is 0.277 e. The lowest BCUT2D eigenvalue weighted by Gasteiger charge is -2.25. The standard InChI is InChI=1S/C13H17F3N2O.ClH/c1-12(2,9-3-5-10(14)6-4-9)11(19)18-8-13(15,16)7-17;/h3-6H,7-8,17H2,1-2H3,(H,18,19);1H. The molecule has 0 heterocycles. The number of benzene rings is 1. The zero-order valence-corrected chi connectivity index (χ0v) is 12.1. The summed E-state index contributed by atoms with van der Waals surface area (Å²) >= 11 is 0. The molecule has 0 aliphatic rings. The van der Waals surface area contributed by atoms with Gasteiger partial charge in [0.2, 0.25) is 5.91 Å². The second-order valence-electron chi connectivity index (χ2n) is 4.87. The summed E-state index contributed by atoms with van der Waals surface area (Å²) in [6, 6.07) is 5.35. The van der Waals surface area contributed by atoms with E-state index in [1.165, 1.54) is 24.3 Å². The van der Waals surface area contributed by atoms with Gasteiger partial charge in [-0.05, 0) is 31.5 Å². The summed E-state index contributed by atoms with van der Waals surface area (Å²) in [5.74, 6) is -4.11. The molecule has 0 aliphatic heterocycles. The molecule has 0 aromatic heterocycles. The van der Waals surface area contributed by atoms with E-state index >= 15 is 0 Å². The first-order valence-electron chi connectivity index (χ1n) is 5.81. The van der Waals surface area contributed by atoms with Crippen molar-refractivity contribution in [1.82, 2.24) is 5.32 Å². The Morgan fingerprint density at radius 3 is 2.20 bits per heavy atom. The van der Waals surface area contributed by atoms with Gasteiger partial charge >= 0.3 is 0 Å². The summed E-state index contributed by atoms with van der Waals surface area (Å²) in [6.45, 7) is 1.52. The Kier molecular flexibility index (Phi) is 6.50. The smallest absolute Gasteiger partial charge is 0.277 e. The van der Waals surface area contributed by atoms with E-state index in [2.05, 4.69) is 5.32 Å². The van der Waals surface area contributed by atoms with E-state index < -0.39 is 36.2 Å². The Bertz CT molecular complexity index is 449. The van der Waals surface area contributed by atoms with Gasteiger partial charge in [-0.25, -0.2) is 13.2 Å². The quantitative estimate of drug-likeness (QED) is 0.876. The van der Waals surface area contributed by atoms with Gasteiger partial charge in [0.15, 0.2) is 0 Å². The number of alkyl halides is 2. The van der Waals surface area contributed by atoms with Crippen LogP contribution in [0.25, 0.3) is 0 Å². The molecule has 3 nitrogen and oxygen atoms in total. The van der Waals surface area contributed by atoms with Crippen molar-refractivity contribution in [3.8, 4) is 0 Å². The first-order valence-corrected chi connectivity index (χ1v) is 5.81. The predicted octanol–water partition coefficient (Wildman–Crippen LogP) is 2.24. The zero-order valence-electron chi connectivity index (χ0n) is 11.3. The van der Waals surface area contributed by atoms with E-state index in [9.17, 15) is 18.0 Å². The van der Waals surface area contributed by atoms with Crippen molar-refractivity contribution in [1.29, 1.82) is 0 Å². The van der Waals surface area contributed by atoms with Crippen LogP contribution in [-0.2, 0) is 10.2 Å². The first kappa shape index (κ1) is 18.7. The summed E-state index contributed by atoms with van der Waals surface area (Å²) in [5, 5.41) is 2.16. The molecule has 7 heteroatoms. The molecule has 3 N–H and O–H groups in total. The topological polar surface area (TPSA) is 55.1 Å². The van der Waals surface area contributed by atoms with Gasteiger partial charge < -0.3 is 11.1 Å². The highest BCUT2D eigenvalue weighted by Gasteiger charge is 2.33. The van der Waals surface area contributed by atoms with Gasteiger partial charge in [0.05, 0.1) is 18.5 Å². The fraction of sp³-hybridized carbons (Fsp3) is 0.462. The van der Waals surface area contributed by atoms with E-state index in [4.69, 9.17) is 5.73 Å². The average Bonchev–Trinajstić information content (AvgIpc) is 2.36. The molecule has 1 aromatic carbocycles. The van der Waals surface area contributed by atoms with Crippen molar-refractivity contribution in [3.63, 3.8) is 0 Å². The summed E-state index contributed by atoms with van der Waals surface area (Å²) in [6.07, 6.45) is 0. The largest absolute Gasteiger partial charge is 0.349 e. The molecule has 1 rings (SSSR count). The van der Waals surface area contributed by atoms with Crippen LogP contribution in [0.2, 0.25) is 0 Å². The maximum atomic E-state index is 13.0. The lowest BCUT2D eigenvalue weighted by atomic mass is 9.83. The third-order valence-electron chi connectivity index (χ3n) is 2.94. The molecule has 0 unspecified atom stereocenters. The van der Waals surface area contributed by atoms with Crippen molar-refractivity contribution < 1.29 is 18.0 Å². The van der Waals surface area contributed by atoms with Crippen molar-refractivity contribution in [2.75, 3.05) is 13.1 Å². The highest BCUT2D eigenvalue weighted by molar-refractivity contribution is 5.87. The van der Waals surface area contributed by atoms with E-state index in [1.807, 2.05) is 0 Å². The van der Waals surface area contributed by atoms with E-state index in [0.717, 1.165) is 0 Å². The minimum atomic E-state index is -3.13. The van der Waals surface area contributed by atoms with E-state index in [0.29, 0.717) is 5.56 Å². The zero-order chi connectivity index (χ0) is 14.7. The van der Waals surface area contributed by atoms with Gasteiger partial charge in [-0.3, -0.25) is 4.79 Å². The Hall–Kier alpha value is -1.27. The van der Waals surface area contributed by atoms with Crippen LogP contribution in [-0.4, -0.2) is 24.9 Å². The lowest BCUT2D eigenvalue weighted by molar-refractivity contribution is -0.127. The number of amides is 1. The van der Waals surface area contributed by atoms with E-state index in [1.54, 1.807) is 13.8 Å². The molecule has 0 spiro atoms.